The van der Waals surface area contributed by atoms with Crippen molar-refractivity contribution in [3.05, 3.63) is 55.1 Å². The van der Waals surface area contributed by atoms with Crippen LogP contribution in [0.25, 0.3) is 0 Å². The minimum atomic E-state index is -0.145. The predicted molar refractivity (Wildman–Crippen MR) is 72.2 cm³/mol. The fourth-order valence-corrected chi connectivity index (χ4v) is 1.39. The molecule has 0 saturated carbocycles. The number of anilines is 1. The van der Waals surface area contributed by atoms with Gasteiger partial charge in [0, 0.05) is 18.8 Å². The van der Waals surface area contributed by atoms with Crippen LogP contribution in [-0.4, -0.2) is 24.0 Å². The van der Waals surface area contributed by atoms with E-state index in [0.717, 1.165) is 11.3 Å². The van der Waals surface area contributed by atoms with E-state index >= 15 is 0 Å². The smallest absolute Gasteiger partial charge is 0.317 e. The number of hydrogen-bond acceptors (Lipinski definition) is 1. The molecule has 0 fully saturated rings. The summed E-state index contributed by atoms with van der Waals surface area (Å²) in [4.78, 5) is 13.5. The summed E-state index contributed by atoms with van der Waals surface area (Å²) in [6.45, 7) is 10.3. The van der Waals surface area contributed by atoms with Crippen LogP contribution in [0.3, 0.4) is 0 Å². The van der Waals surface area contributed by atoms with Gasteiger partial charge in [-0.1, -0.05) is 29.8 Å². The monoisotopic (exact) mass is 230 g/mol. The molecule has 0 aliphatic rings. The number of benzene rings is 1. The molecule has 0 bridgehead atoms. The lowest BCUT2D eigenvalue weighted by Gasteiger charge is -2.19. The van der Waals surface area contributed by atoms with Crippen LogP contribution in [0.4, 0.5) is 10.5 Å². The van der Waals surface area contributed by atoms with Gasteiger partial charge in [-0.05, 0) is 19.1 Å². The molecular formula is C14H18N2O. The Labute approximate surface area is 102 Å². The van der Waals surface area contributed by atoms with Crippen LogP contribution in [0.2, 0.25) is 0 Å². The van der Waals surface area contributed by atoms with Gasteiger partial charge in [-0.3, -0.25) is 0 Å². The lowest BCUT2D eigenvalue weighted by Crippen LogP contribution is -2.35. The van der Waals surface area contributed by atoms with Gasteiger partial charge in [-0.2, -0.15) is 0 Å². The van der Waals surface area contributed by atoms with Crippen molar-refractivity contribution in [3.8, 4) is 0 Å². The molecule has 1 aromatic carbocycles. The molecule has 90 valence electrons. The number of nitrogens with one attached hydrogen (secondary N) is 1. The molecule has 3 heteroatoms. The van der Waals surface area contributed by atoms with E-state index in [2.05, 4.69) is 18.5 Å². The number of carbonyl (C=O) groups excluding carboxylic acids is 1. The molecule has 0 spiro atoms. The SMILES string of the molecule is C=CCN(CC=C)C(=O)Nc1ccc(C)cc1. The van der Waals surface area contributed by atoms with Gasteiger partial charge in [-0.25, -0.2) is 4.79 Å². The van der Waals surface area contributed by atoms with Crippen molar-refractivity contribution >= 4 is 11.7 Å². The molecule has 0 heterocycles. The molecule has 2 amide bonds. The summed E-state index contributed by atoms with van der Waals surface area (Å²) in [6, 6.07) is 7.54. The van der Waals surface area contributed by atoms with Crippen molar-refractivity contribution in [1.29, 1.82) is 0 Å². The van der Waals surface area contributed by atoms with Crippen LogP contribution < -0.4 is 5.32 Å². The average Bonchev–Trinajstić information content (AvgIpc) is 2.32. The van der Waals surface area contributed by atoms with Crippen molar-refractivity contribution in [2.75, 3.05) is 18.4 Å². The molecule has 0 aromatic heterocycles. The van der Waals surface area contributed by atoms with E-state index < -0.39 is 0 Å². The van der Waals surface area contributed by atoms with Crippen molar-refractivity contribution in [2.45, 2.75) is 6.92 Å². The Morgan fingerprint density at radius 3 is 2.24 bits per heavy atom. The molecule has 0 unspecified atom stereocenters. The first kappa shape index (κ1) is 13.0. The quantitative estimate of drug-likeness (QED) is 0.774. The van der Waals surface area contributed by atoms with Gasteiger partial charge in [0.25, 0.3) is 0 Å². The fraction of sp³-hybridized carbons (Fsp3) is 0.214. The Kier molecular flexibility index (Phi) is 5.01. The topological polar surface area (TPSA) is 32.3 Å². The molecule has 1 N–H and O–H groups in total. The third kappa shape index (κ3) is 4.15. The zero-order valence-electron chi connectivity index (χ0n) is 10.1. The second-order valence-corrected chi connectivity index (χ2v) is 3.78. The van der Waals surface area contributed by atoms with Crippen LogP contribution in [0.5, 0.6) is 0 Å². The summed E-state index contributed by atoms with van der Waals surface area (Å²) in [5.74, 6) is 0. The standard InChI is InChI=1S/C14H18N2O/c1-4-10-16(11-5-2)14(17)15-13-8-6-12(3)7-9-13/h4-9H,1-2,10-11H2,3H3,(H,15,17). The van der Waals surface area contributed by atoms with Crippen LogP contribution in [-0.2, 0) is 0 Å². The van der Waals surface area contributed by atoms with Gasteiger partial charge in [0.2, 0.25) is 0 Å². The molecule has 0 saturated heterocycles. The highest BCUT2D eigenvalue weighted by atomic mass is 16.2. The molecule has 3 nitrogen and oxygen atoms in total. The highest BCUT2D eigenvalue weighted by Crippen LogP contribution is 2.09. The lowest BCUT2D eigenvalue weighted by atomic mass is 10.2. The van der Waals surface area contributed by atoms with Gasteiger partial charge in [0.05, 0.1) is 0 Å². The van der Waals surface area contributed by atoms with Crippen LogP contribution in [0, 0.1) is 6.92 Å². The Balaban J connectivity index is 2.65. The number of amides is 2. The molecule has 17 heavy (non-hydrogen) atoms. The third-order valence-electron chi connectivity index (χ3n) is 2.29. The second-order valence-electron chi connectivity index (χ2n) is 3.78. The van der Waals surface area contributed by atoms with Crippen molar-refractivity contribution < 1.29 is 4.79 Å². The first-order valence-corrected chi connectivity index (χ1v) is 5.51. The minimum Gasteiger partial charge on any atom is -0.317 e. The molecular weight excluding hydrogens is 212 g/mol. The van der Waals surface area contributed by atoms with E-state index in [1.807, 2.05) is 31.2 Å². The van der Waals surface area contributed by atoms with E-state index in [-0.39, 0.29) is 6.03 Å². The molecule has 1 rings (SSSR count). The number of rotatable bonds is 5. The summed E-state index contributed by atoms with van der Waals surface area (Å²) >= 11 is 0. The number of urea groups is 1. The normalized spacial score (nSPS) is 9.47. The third-order valence-corrected chi connectivity index (χ3v) is 2.29. The van der Waals surface area contributed by atoms with E-state index in [0.29, 0.717) is 13.1 Å². The predicted octanol–water partition coefficient (Wildman–Crippen LogP) is 3.20. The zero-order valence-corrected chi connectivity index (χ0v) is 10.1. The number of hydrogen-bond donors (Lipinski definition) is 1. The zero-order chi connectivity index (χ0) is 12.7. The highest BCUT2D eigenvalue weighted by Gasteiger charge is 2.09. The van der Waals surface area contributed by atoms with Crippen molar-refractivity contribution in [2.24, 2.45) is 0 Å². The first-order chi connectivity index (χ1) is 8.17. The van der Waals surface area contributed by atoms with E-state index in [9.17, 15) is 4.79 Å². The Bertz CT molecular complexity index is 385. The van der Waals surface area contributed by atoms with Crippen LogP contribution in [0.1, 0.15) is 5.56 Å². The number of aryl methyl sites for hydroxylation is 1. The first-order valence-electron chi connectivity index (χ1n) is 5.51. The summed E-state index contributed by atoms with van der Waals surface area (Å²) in [7, 11) is 0. The van der Waals surface area contributed by atoms with Crippen molar-refractivity contribution in [3.63, 3.8) is 0 Å². The summed E-state index contributed by atoms with van der Waals surface area (Å²) in [5.41, 5.74) is 1.95. The molecule has 0 aliphatic carbocycles. The van der Waals surface area contributed by atoms with Gasteiger partial charge in [0.1, 0.15) is 0 Å². The van der Waals surface area contributed by atoms with E-state index in [4.69, 9.17) is 0 Å². The van der Waals surface area contributed by atoms with Gasteiger partial charge < -0.3 is 10.2 Å². The largest absolute Gasteiger partial charge is 0.322 e. The van der Waals surface area contributed by atoms with Crippen molar-refractivity contribution in [1.82, 2.24) is 4.90 Å². The van der Waals surface area contributed by atoms with Gasteiger partial charge in [-0.15, -0.1) is 13.2 Å². The van der Waals surface area contributed by atoms with E-state index in [1.165, 1.54) is 0 Å². The molecule has 0 radical (unpaired) electrons. The highest BCUT2D eigenvalue weighted by molar-refractivity contribution is 5.89. The number of nitrogens with zero attached hydrogens (tertiary/aromatic N) is 1. The maximum atomic E-state index is 11.9. The second kappa shape index (κ2) is 6.53. The maximum absolute atomic E-state index is 11.9. The van der Waals surface area contributed by atoms with Gasteiger partial charge in [0.15, 0.2) is 0 Å². The number of carbonyl (C=O) groups is 1. The molecule has 0 aliphatic heterocycles. The summed E-state index contributed by atoms with van der Waals surface area (Å²) < 4.78 is 0. The summed E-state index contributed by atoms with van der Waals surface area (Å²) in [6.07, 6.45) is 3.39. The van der Waals surface area contributed by atoms with E-state index in [1.54, 1.807) is 17.1 Å². The Morgan fingerprint density at radius 1 is 1.24 bits per heavy atom. The van der Waals surface area contributed by atoms with Gasteiger partial charge >= 0.3 is 6.03 Å². The van der Waals surface area contributed by atoms with Crippen LogP contribution in [0.15, 0.2) is 49.6 Å². The fourth-order valence-electron chi connectivity index (χ4n) is 1.39. The molecule has 0 atom stereocenters. The average molecular weight is 230 g/mol. The summed E-state index contributed by atoms with van der Waals surface area (Å²) in [5, 5.41) is 2.83. The lowest BCUT2D eigenvalue weighted by molar-refractivity contribution is 0.222. The Morgan fingerprint density at radius 2 is 1.76 bits per heavy atom. The molecule has 1 aromatic rings. The Hall–Kier alpha value is -2.03. The minimum absolute atomic E-state index is 0.145. The van der Waals surface area contributed by atoms with Crippen LogP contribution >= 0.6 is 0 Å². The maximum Gasteiger partial charge on any atom is 0.322 e.